The molecule has 0 atom stereocenters. The molecule has 0 saturated carbocycles. The maximum atomic E-state index is 13.7. The van der Waals surface area contributed by atoms with Crippen LogP contribution in [0, 0.1) is 5.82 Å². The van der Waals surface area contributed by atoms with Crippen LogP contribution in [0.2, 0.25) is 0 Å². The van der Waals surface area contributed by atoms with E-state index in [1.807, 2.05) is 0 Å². The zero-order valence-electron chi connectivity index (χ0n) is 12.8. The van der Waals surface area contributed by atoms with Crippen LogP contribution in [0.5, 0.6) is 5.75 Å². The first kappa shape index (κ1) is 15.8. The number of aromatic nitrogens is 1. The summed E-state index contributed by atoms with van der Waals surface area (Å²) in [5.41, 5.74) is 1.23. The quantitative estimate of drug-likeness (QED) is 0.920. The maximum absolute atomic E-state index is 13.7. The van der Waals surface area contributed by atoms with Crippen molar-refractivity contribution in [2.24, 2.45) is 0 Å². The molecule has 0 aliphatic rings. The summed E-state index contributed by atoms with van der Waals surface area (Å²) in [6.45, 7) is 0.419. The lowest BCUT2D eigenvalue weighted by molar-refractivity contribution is 0.0963. The molecule has 1 aromatic heterocycles. The molecule has 0 bridgehead atoms. The molecular weight excluding hydrogens is 285 g/mol. The Kier molecular flexibility index (Phi) is 4.93. The van der Waals surface area contributed by atoms with E-state index < -0.39 is 5.82 Å². The van der Waals surface area contributed by atoms with E-state index in [2.05, 4.69) is 10.3 Å². The molecule has 6 heteroatoms. The maximum Gasteiger partial charge on any atom is 0.254 e. The minimum Gasteiger partial charge on any atom is -0.494 e. The third kappa shape index (κ3) is 3.33. The predicted molar refractivity (Wildman–Crippen MR) is 82.7 cm³/mol. The Hall–Kier alpha value is -2.63. The Morgan fingerprint density at radius 2 is 2.18 bits per heavy atom. The summed E-state index contributed by atoms with van der Waals surface area (Å²) in [5.74, 6) is 0.116. The van der Waals surface area contributed by atoms with Crippen molar-refractivity contribution in [3.05, 3.63) is 53.5 Å². The lowest BCUT2D eigenvalue weighted by Crippen LogP contribution is -2.25. The van der Waals surface area contributed by atoms with E-state index >= 15 is 0 Å². The molecule has 0 aliphatic heterocycles. The van der Waals surface area contributed by atoms with E-state index in [0.717, 1.165) is 5.56 Å². The number of amides is 1. The van der Waals surface area contributed by atoms with Crippen molar-refractivity contribution in [2.75, 3.05) is 26.1 Å². The van der Waals surface area contributed by atoms with Gasteiger partial charge in [0.15, 0.2) is 11.6 Å². The number of benzene rings is 1. The number of rotatable bonds is 5. The van der Waals surface area contributed by atoms with Gasteiger partial charge in [-0.1, -0.05) is 6.07 Å². The SMILES string of the molecule is CNC(=O)c1cccnc1N(C)Cc1ccc(OC)c(F)c1. The number of anilines is 1. The van der Waals surface area contributed by atoms with Gasteiger partial charge in [0.25, 0.3) is 5.91 Å². The molecule has 0 unspecified atom stereocenters. The Morgan fingerprint density at radius 1 is 1.41 bits per heavy atom. The first-order valence-corrected chi connectivity index (χ1v) is 6.77. The molecule has 1 heterocycles. The summed E-state index contributed by atoms with van der Waals surface area (Å²) in [5, 5.41) is 2.58. The van der Waals surface area contributed by atoms with Crippen molar-refractivity contribution in [1.82, 2.24) is 10.3 Å². The summed E-state index contributed by atoms with van der Waals surface area (Å²) >= 11 is 0. The van der Waals surface area contributed by atoms with Crippen LogP contribution in [-0.4, -0.2) is 32.1 Å². The van der Waals surface area contributed by atoms with Gasteiger partial charge in [0.2, 0.25) is 0 Å². The number of ether oxygens (including phenoxy) is 1. The van der Waals surface area contributed by atoms with Crippen LogP contribution in [0.3, 0.4) is 0 Å². The number of hydrogen-bond acceptors (Lipinski definition) is 4. The first-order valence-electron chi connectivity index (χ1n) is 6.77. The van der Waals surface area contributed by atoms with E-state index in [1.54, 1.807) is 49.5 Å². The van der Waals surface area contributed by atoms with Crippen LogP contribution in [0.4, 0.5) is 10.2 Å². The lowest BCUT2D eigenvalue weighted by atomic mass is 10.1. The number of nitrogens with one attached hydrogen (secondary N) is 1. The van der Waals surface area contributed by atoms with Crippen molar-refractivity contribution in [3.63, 3.8) is 0 Å². The fourth-order valence-corrected chi connectivity index (χ4v) is 2.17. The van der Waals surface area contributed by atoms with Gasteiger partial charge in [-0.2, -0.15) is 0 Å². The van der Waals surface area contributed by atoms with Gasteiger partial charge in [-0.3, -0.25) is 4.79 Å². The average molecular weight is 303 g/mol. The summed E-state index contributed by atoms with van der Waals surface area (Å²) < 4.78 is 18.6. The second-order valence-corrected chi connectivity index (χ2v) is 4.78. The molecule has 0 saturated heterocycles. The molecule has 1 N–H and O–H groups in total. The third-order valence-corrected chi connectivity index (χ3v) is 3.26. The average Bonchev–Trinajstić information content (AvgIpc) is 2.54. The lowest BCUT2D eigenvalue weighted by Gasteiger charge is -2.20. The molecule has 116 valence electrons. The van der Waals surface area contributed by atoms with Gasteiger partial charge in [0.1, 0.15) is 5.82 Å². The molecule has 22 heavy (non-hydrogen) atoms. The Bertz CT molecular complexity index is 676. The number of carbonyl (C=O) groups is 1. The second kappa shape index (κ2) is 6.89. The number of hydrogen-bond donors (Lipinski definition) is 1. The van der Waals surface area contributed by atoms with Crippen LogP contribution >= 0.6 is 0 Å². The van der Waals surface area contributed by atoms with E-state index in [9.17, 15) is 9.18 Å². The van der Waals surface area contributed by atoms with Gasteiger partial charge in [0.05, 0.1) is 12.7 Å². The highest BCUT2D eigenvalue weighted by molar-refractivity contribution is 5.98. The highest BCUT2D eigenvalue weighted by atomic mass is 19.1. The largest absolute Gasteiger partial charge is 0.494 e. The fourth-order valence-electron chi connectivity index (χ4n) is 2.17. The van der Waals surface area contributed by atoms with Crippen molar-refractivity contribution < 1.29 is 13.9 Å². The zero-order chi connectivity index (χ0) is 16.1. The summed E-state index contributed by atoms with van der Waals surface area (Å²) in [4.78, 5) is 17.9. The van der Waals surface area contributed by atoms with Crippen LogP contribution in [-0.2, 0) is 6.54 Å². The Labute approximate surface area is 128 Å². The molecule has 2 rings (SSSR count). The highest BCUT2D eigenvalue weighted by Crippen LogP contribution is 2.21. The fraction of sp³-hybridized carbons (Fsp3) is 0.250. The molecule has 2 aromatic rings. The molecule has 0 fully saturated rings. The molecule has 1 amide bonds. The molecule has 0 spiro atoms. The summed E-state index contributed by atoms with van der Waals surface area (Å²) in [7, 11) is 4.79. The molecule has 0 aliphatic carbocycles. The molecule has 5 nitrogen and oxygen atoms in total. The molecular formula is C16H18FN3O2. The normalized spacial score (nSPS) is 10.2. The molecule has 1 aromatic carbocycles. The standard InChI is InChI=1S/C16H18FN3O2/c1-18-16(21)12-5-4-8-19-15(12)20(2)10-11-6-7-14(22-3)13(17)9-11/h4-9H,10H2,1-3H3,(H,18,21). The smallest absolute Gasteiger partial charge is 0.254 e. The third-order valence-electron chi connectivity index (χ3n) is 3.26. The van der Waals surface area contributed by atoms with E-state index in [4.69, 9.17) is 4.74 Å². The highest BCUT2D eigenvalue weighted by Gasteiger charge is 2.15. The number of halogens is 1. The van der Waals surface area contributed by atoms with E-state index in [-0.39, 0.29) is 11.7 Å². The van der Waals surface area contributed by atoms with E-state index in [0.29, 0.717) is 17.9 Å². The van der Waals surface area contributed by atoms with Crippen LogP contribution in [0.25, 0.3) is 0 Å². The van der Waals surface area contributed by atoms with Gasteiger partial charge in [-0.15, -0.1) is 0 Å². The minimum absolute atomic E-state index is 0.204. The van der Waals surface area contributed by atoms with Gasteiger partial charge in [-0.05, 0) is 29.8 Å². The first-order chi connectivity index (χ1) is 10.6. The zero-order valence-corrected chi connectivity index (χ0v) is 12.8. The second-order valence-electron chi connectivity index (χ2n) is 4.78. The number of pyridine rings is 1. The minimum atomic E-state index is -0.416. The summed E-state index contributed by atoms with van der Waals surface area (Å²) in [6, 6.07) is 8.18. The van der Waals surface area contributed by atoms with Crippen molar-refractivity contribution in [3.8, 4) is 5.75 Å². The Morgan fingerprint density at radius 3 is 2.82 bits per heavy atom. The Balaban J connectivity index is 2.24. The van der Waals surface area contributed by atoms with Crippen molar-refractivity contribution >= 4 is 11.7 Å². The van der Waals surface area contributed by atoms with Crippen LogP contribution in [0.1, 0.15) is 15.9 Å². The van der Waals surface area contributed by atoms with Gasteiger partial charge in [0, 0.05) is 26.8 Å². The van der Waals surface area contributed by atoms with Crippen LogP contribution in [0.15, 0.2) is 36.5 Å². The number of nitrogens with zero attached hydrogens (tertiary/aromatic N) is 2. The van der Waals surface area contributed by atoms with Crippen LogP contribution < -0.4 is 15.0 Å². The monoisotopic (exact) mass is 303 g/mol. The van der Waals surface area contributed by atoms with Crippen molar-refractivity contribution in [1.29, 1.82) is 0 Å². The predicted octanol–water partition coefficient (Wildman–Crippen LogP) is 2.23. The van der Waals surface area contributed by atoms with Gasteiger partial charge < -0.3 is 15.0 Å². The van der Waals surface area contributed by atoms with Gasteiger partial charge in [-0.25, -0.2) is 9.37 Å². The van der Waals surface area contributed by atoms with Gasteiger partial charge >= 0.3 is 0 Å². The summed E-state index contributed by atoms with van der Waals surface area (Å²) in [6.07, 6.45) is 1.62. The number of carbonyl (C=O) groups excluding carboxylic acids is 1. The van der Waals surface area contributed by atoms with E-state index in [1.165, 1.54) is 13.2 Å². The topological polar surface area (TPSA) is 54.5 Å². The van der Waals surface area contributed by atoms with Crippen molar-refractivity contribution in [2.45, 2.75) is 6.54 Å². The molecule has 0 radical (unpaired) electrons. The number of methoxy groups -OCH3 is 1.